The summed E-state index contributed by atoms with van der Waals surface area (Å²) in [7, 11) is 1.58. The number of aliphatic imine (C=N–C) groups is 1. The normalized spacial score (nSPS) is 12.6. The molecule has 7 nitrogen and oxygen atoms in total. The molecular weight excluding hydrogens is 527 g/mol. The summed E-state index contributed by atoms with van der Waals surface area (Å²) in [6.45, 7) is 3.61. The van der Waals surface area contributed by atoms with Gasteiger partial charge in [0.2, 0.25) is 10.0 Å². The minimum atomic E-state index is -3.26. The summed E-state index contributed by atoms with van der Waals surface area (Å²) in [6, 6.07) is 15.7. The first-order valence-electron chi connectivity index (χ1n) is 9.94. The van der Waals surface area contributed by atoms with Crippen molar-refractivity contribution in [3.8, 4) is 5.75 Å². The maximum atomic E-state index is 11.6. The van der Waals surface area contributed by atoms with Gasteiger partial charge in [0.1, 0.15) is 5.75 Å². The second kappa shape index (κ2) is 13.5. The zero-order valence-corrected chi connectivity index (χ0v) is 21.7. The van der Waals surface area contributed by atoms with Crippen LogP contribution < -0.4 is 20.1 Å². The molecule has 0 heterocycles. The minimum Gasteiger partial charge on any atom is -0.497 e. The Morgan fingerprint density at radius 2 is 1.65 bits per heavy atom. The van der Waals surface area contributed by atoms with Gasteiger partial charge >= 0.3 is 0 Å². The quantitative estimate of drug-likeness (QED) is 0.236. The molecule has 1 unspecified atom stereocenters. The highest BCUT2D eigenvalue weighted by molar-refractivity contribution is 14.0. The van der Waals surface area contributed by atoms with E-state index in [2.05, 4.69) is 39.4 Å². The van der Waals surface area contributed by atoms with Gasteiger partial charge in [-0.05, 0) is 48.2 Å². The van der Waals surface area contributed by atoms with Crippen LogP contribution in [-0.4, -0.2) is 42.1 Å². The Morgan fingerprint density at radius 1 is 1.03 bits per heavy atom. The molecule has 172 valence electrons. The van der Waals surface area contributed by atoms with Gasteiger partial charge in [-0.3, -0.25) is 4.99 Å². The average molecular weight is 561 g/mol. The lowest BCUT2D eigenvalue weighted by molar-refractivity contribution is 0.414. The Morgan fingerprint density at radius 3 is 2.19 bits per heavy atom. The number of nitrogens with one attached hydrogen (secondary N) is 3. The van der Waals surface area contributed by atoms with E-state index < -0.39 is 10.0 Å². The number of rotatable bonds is 10. The fourth-order valence-corrected chi connectivity index (χ4v) is 3.73. The van der Waals surface area contributed by atoms with Crippen molar-refractivity contribution in [3.05, 3.63) is 65.2 Å². The van der Waals surface area contributed by atoms with Crippen LogP contribution in [0.2, 0.25) is 0 Å². The fraction of sp³-hybridized carbons (Fsp3) is 0.409. The molecule has 0 spiro atoms. The van der Waals surface area contributed by atoms with Crippen molar-refractivity contribution in [3.63, 3.8) is 0 Å². The molecule has 0 saturated heterocycles. The van der Waals surface area contributed by atoms with Crippen molar-refractivity contribution in [2.45, 2.75) is 31.6 Å². The van der Waals surface area contributed by atoms with Crippen molar-refractivity contribution in [2.75, 3.05) is 27.7 Å². The molecule has 1 atom stereocenters. The van der Waals surface area contributed by atoms with E-state index in [0.29, 0.717) is 12.5 Å². The van der Waals surface area contributed by atoms with Crippen LogP contribution >= 0.6 is 24.0 Å². The molecule has 0 amide bonds. The summed E-state index contributed by atoms with van der Waals surface area (Å²) in [5.41, 5.74) is 3.08. The number of ether oxygens (including phenoxy) is 1. The molecule has 0 aliphatic heterocycles. The molecular formula is C22H33IN4O3S. The van der Waals surface area contributed by atoms with Gasteiger partial charge in [0.25, 0.3) is 0 Å². The van der Waals surface area contributed by atoms with E-state index in [0.717, 1.165) is 35.8 Å². The third-order valence-corrected chi connectivity index (χ3v) is 6.26. The van der Waals surface area contributed by atoms with Gasteiger partial charge in [-0.2, -0.15) is 0 Å². The number of nitrogens with zero attached hydrogens (tertiary/aromatic N) is 1. The number of guanidine groups is 1. The smallest absolute Gasteiger partial charge is 0.215 e. The maximum Gasteiger partial charge on any atom is 0.215 e. The Bertz CT molecular complexity index is 917. The van der Waals surface area contributed by atoms with Crippen LogP contribution in [0.1, 0.15) is 36.0 Å². The number of halogens is 1. The molecule has 9 heteroatoms. The SMILES string of the molecule is CN=C(NCCC(C)c1ccc(OC)cc1)NCc1ccc(CS(=O)(=O)NC)cc1.I. The standard InChI is InChI=1S/C22H32N4O3S.HI/c1-17(20-9-11-21(29-4)12-10-20)13-14-25-22(23-2)26-15-18-5-7-19(8-6-18)16-30(27,28)24-3;/h5-12,17,24H,13-16H2,1-4H3,(H2,23,25,26);1H. The first-order chi connectivity index (χ1) is 14.4. The summed E-state index contributed by atoms with van der Waals surface area (Å²) < 4.78 is 30.8. The summed E-state index contributed by atoms with van der Waals surface area (Å²) in [4.78, 5) is 4.26. The summed E-state index contributed by atoms with van der Waals surface area (Å²) >= 11 is 0. The van der Waals surface area contributed by atoms with Crippen LogP contribution in [0, 0.1) is 0 Å². The second-order valence-corrected chi connectivity index (χ2v) is 9.02. The zero-order valence-electron chi connectivity index (χ0n) is 18.5. The van der Waals surface area contributed by atoms with Crippen molar-refractivity contribution in [2.24, 2.45) is 4.99 Å². The monoisotopic (exact) mass is 560 g/mol. The van der Waals surface area contributed by atoms with Crippen LogP contribution in [0.4, 0.5) is 0 Å². The van der Waals surface area contributed by atoms with Gasteiger partial charge < -0.3 is 15.4 Å². The number of benzene rings is 2. The summed E-state index contributed by atoms with van der Waals surface area (Å²) in [5, 5.41) is 6.62. The van der Waals surface area contributed by atoms with E-state index >= 15 is 0 Å². The topological polar surface area (TPSA) is 91.8 Å². The van der Waals surface area contributed by atoms with Crippen molar-refractivity contribution < 1.29 is 13.2 Å². The van der Waals surface area contributed by atoms with Gasteiger partial charge in [-0.25, -0.2) is 13.1 Å². The lowest BCUT2D eigenvalue weighted by atomic mass is 9.98. The number of sulfonamides is 1. The van der Waals surface area contributed by atoms with E-state index in [1.54, 1.807) is 14.2 Å². The first-order valence-corrected chi connectivity index (χ1v) is 11.6. The highest BCUT2D eigenvalue weighted by Crippen LogP contribution is 2.21. The number of methoxy groups -OCH3 is 1. The van der Waals surface area contributed by atoms with Gasteiger partial charge in [0, 0.05) is 20.1 Å². The van der Waals surface area contributed by atoms with Crippen LogP contribution in [0.15, 0.2) is 53.5 Å². The molecule has 2 rings (SSSR count). The number of hydrogen-bond acceptors (Lipinski definition) is 4. The largest absolute Gasteiger partial charge is 0.497 e. The van der Waals surface area contributed by atoms with Crippen molar-refractivity contribution in [1.82, 2.24) is 15.4 Å². The van der Waals surface area contributed by atoms with Crippen molar-refractivity contribution in [1.29, 1.82) is 0 Å². The molecule has 0 aromatic heterocycles. The van der Waals surface area contributed by atoms with Crippen LogP contribution in [-0.2, 0) is 22.3 Å². The molecule has 0 bridgehead atoms. The molecule has 31 heavy (non-hydrogen) atoms. The van der Waals surface area contributed by atoms with E-state index in [1.807, 2.05) is 36.4 Å². The van der Waals surface area contributed by atoms with Gasteiger partial charge in [0.15, 0.2) is 5.96 Å². The average Bonchev–Trinajstić information content (AvgIpc) is 2.76. The molecule has 3 N–H and O–H groups in total. The van der Waals surface area contributed by atoms with Gasteiger partial charge in [-0.1, -0.05) is 43.3 Å². The molecule has 0 aliphatic rings. The van der Waals surface area contributed by atoms with E-state index in [-0.39, 0.29) is 29.7 Å². The van der Waals surface area contributed by atoms with Gasteiger partial charge in [-0.15, -0.1) is 24.0 Å². The highest BCUT2D eigenvalue weighted by atomic mass is 127. The fourth-order valence-electron chi connectivity index (χ4n) is 2.96. The molecule has 0 radical (unpaired) electrons. The molecule has 0 aliphatic carbocycles. The lowest BCUT2D eigenvalue weighted by Crippen LogP contribution is -2.37. The third-order valence-electron chi connectivity index (χ3n) is 4.93. The molecule has 0 fully saturated rings. The van der Waals surface area contributed by atoms with E-state index in [1.165, 1.54) is 12.6 Å². The third kappa shape index (κ3) is 9.44. The van der Waals surface area contributed by atoms with Crippen LogP contribution in [0.25, 0.3) is 0 Å². The van der Waals surface area contributed by atoms with E-state index in [4.69, 9.17) is 4.74 Å². The summed E-state index contributed by atoms with van der Waals surface area (Å²) in [6.07, 6.45) is 0.974. The molecule has 0 saturated carbocycles. The van der Waals surface area contributed by atoms with Crippen LogP contribution in [0.3, 0.4) is 0 Å². The highest BCUT2D eigenvalue weighted by Gasteiger charge is 2.09. The van der Waals surface area contributed by atoms with Crippen molar-refractivity contribution >= 4 is 40.0 Å². The summed E-state index contributed by atoms with van der Waals surface area (Å²) in [5.74, 6) is 2.00. The predicted molar refractivity (Wildman–Crippen MR) is 138 cm³/mol. The Kier molecular flexibility index (Phi) is 11.9. The Labute approximate surface area is 203 Å². The lowest BCUT2D eigenvalue weighted by Gasteiger charge is -2.15. The maximum absolute atomic E-state index is 11.6. The van der Waals surface area contributed by atoms with Gasteiger partial charge in [0.05, 0.1) is 12.9 Å². The Hall–Kier alpha value is -1.85. The predicted octanol–water partition coefficient (Wildman–Crippen LogP) is 3.22. The minimum absolute atomic E-state index is 0. The van der Waals surface area contributed by atoms with Crippen LogP contribution in [0.5, 0.6) is 5.75 Å². The molecule has 2 aromatic rings. The second-order valence-electron chi connectivity index (χ2n) is 7.10. The first kappa shape index (κ1) is 27.2. The molecule has 2 aromatic carbocycles. The Balaban J connectivity index is 0.00000480. The number of hydrogen-bond donors (Lipinski definition) is 3. The van der Waals surface area contributed by atoms with E-state index in [9.17, 15) is 8.42 Å². The zero-order chi connectivity index (χ0) is 22.0.